The third kappa shape index (κ3) is 5.17. The molecule has 0 saturated carbocycles. The fraction of sp³-hybridized carbons (Fsp3) is 0.267. The van der Waals surface area contributed by atoms with Crippen molar-refractivity contribution in [1.82, 2.24) is 24.8 Å². The van der Waals surface area contributed by atoms with E-state index in [2.05, 4.69) is 56.0 Å². The van der Waals surface area contributed by atoms with Gasteiger partial charge in [0.05, 0.1) is 17.8 Å². The molecule has 7 nitrogen and oxygen atoms in total. The number of aromatic nitrogens is 3. The zero-order valence-corrected chi connectivity index (χ0v) is 22.9. The first-order valence-corrected chi connectivity index (χ1v) is 13.2. The summed E-state index contributed by atoms with van der Waals surface area (Å²) in [5, 5.41) is 7.12. The molecule has 0 unspecified atom stereocenters. The molecule has 1 aromatic carbocycles. The number of nitrogens with one attached hydrogen (secondary N) is 2. The van der Waals surface area contributed by atoms with E-state index in [0.717, 1.165) is 45.3 Å². The number of hydrogen-bond acceptors (Lipinski definition) is 4. The van der Waals surface area contributed by atoms with Crippen LogP contribution in [0.15, 0.2) is 73.1 Å². The Morgan fingerprint density at radius 1 is 1.00 bits per heavy atom. The van der Waals surface area contributed by atoms with Crippen LogP contribution < -0.4 is 10.6 Å². The van der Waals surface area contributed by atoms with Crippen molar-refractivity contribution in [1.29, 1.82) is 0 Å². The van der Waals surface area contributed by atoms with Gasteiger partial charge in [-0.2, -0.15) is 0 Å². The SMILES string of the molecule is Cc1ccc(-n2c(C)cc([C@H]3[C@H](c4ccccn4)NC(=S)N3CCC(=O)Nc3cccc(C)c3)c2C)nc1. The van der Waals surface area contributed by atoms with Crippen molar-refractivity contribution in [2.45, 2.75) is 46.2 Å². The van der Waals surface area contributed by atoms with E-state index < -0.39 is 0 Å². The highest BCUT2D eigenvalue weighted by molar-refractivity contribution is 7.80. The molecule has 0 spiro atoms. The van der Waals surface area contributed by atoms with Crippen LogP contribution in [0.5, 0.6) is 0 Å². The number of anilines is 1. The minimum atomic E-state index is -0.150. The lowest BCUT2D eigenvalue weighted by Crippen LogP contribution is -2.32. The maximum Gasteiger partial charge on any atom is 0.226 e. The average Bonchev–Trinajstić information content (AvgIpc) is 3.38. The molecule has 1 saturated heterocycles. The Bertz CT molecular complexity index is 1460. The van der Waals surface area contributed by atoms with Crippen LogP contribution in [-0.2, 0) is 4.79 Å². The Morgan fingerprint density at radius 2 is 1.84 bits per heavy atom. The number of thiocarbonyl (C=S) groups is 1. The molecule has 0 aliphatic carbocycles. The topological polar surface area (TPSA) is 75.1 Å². The van der Waals surface area contributed by atoms with Crippen LogP contribution in [0.4, 0.5) is 5.69 Å². The van der Waals surface area contributed by atoms with Crippen molar-refractivity contribution in [3.8, 4) is 5.82 Å². The van der Waals surface area contributed by atoms with Crippen LogP contribution in [0.3, 0.4) is 0 Å². The highest BCUT2D eigenvalue weighted by Crippen LogP contribution is 2.41. The number of amides is 1. The van der Waals surface area contributed by atoms with E-state index in [1.54, 1.807) is 6.20 Å². The van der Waals surface area contributed by atoms with Crippen molar-refractivity contribution in [2.75, 3.05) is 11.9 Å². The van der Waals surface area contributed by atoms with Gasteiger partial charge in [-0.15, -0.1) is 0 Å². The Morgan fingerprint density at radius 3 is 2.55 bits per heavy atom. The summed E-state index contributed by atoms with van der Waals surface area (Å²) in [6, 6.07) is 19.8. The quantitative estimate of drug-likeness (QED) is 0.311. The van der Waals surface area contributed by atoms with E-state index in [4.69, 9.17) is 12.2 Å². The first-order valence-electron chi connectivity index (χ1n) is 12.8. The molecule has 2 N–H and O–H groups in total. The summed E-state index contributed by atoms with van der Waals surface area (Å²) in [5.74, 6) is 0.830. The number of carbonyl (C=O) groups is 1. The Balaban J connectivity index is 1.46. The van der Waals surface area contributed by atoms with Crippen LogP contribution in [0.25, 0.3) is 5.82 Å². The average molecular weight is 525 g/mol. The molecule has 1 amide bonds. The van der Waals surface area contributed by atoms with Gasteiger partial charge < -0.3 is 20.1 Å². The Labute approximate surface area is 228 Å². The van der Waals surface area contributed by atoms with E-state index in [0.29, 0.717) is 18.1 Å². The van der Waals surface area contributed by atoms with Crippen LogP contribution in [0.1, 0.15) is 52.3 Å². The number of aryl methyl sites for hydroxylation is 3. The zero-order chi connectivity index (χ0) is 26.8. The number of benzene rings is 1. The first-order chi connectivity index (χ1) is 18.3. The van der Waals surface area contributed by atoms with Gasteiger partial charge in [-0.1, -0.05) is 24.3 Å². The molecule has 8 heteroatoms. The van der Waals surface area contributed by atoms with Crippen molar-refractivity contribution in [2.24, 2.45) is 0 Å². The minimum Gasteiger partial charge on any atom is -0.352 e. The number of hydrogen-bond donors (Lipinski definition) is 2. The largest absolute Gasteiger partial charge is 0.352 e. The smallest absolute Gasteiger partial charge is 0.226 e. The highest BCUT2D eigenvalue weighted by atomic mass is 32.1. The van der Waals surface area contributed by atoms with Gasteiger partial charge >= 0.3 is 0 Å². The number of carbonyl (C=O) groups excluding carboxylic acids is 1. The molecule has 4 aromatic rings. The molecule has 1 aliphatic rings. The summed E-state index contributed by atoms with van der Waals surface area (Å²) in [6.45, 7) is 8.73. The monoisotopic (exact) mass is 524 g/mol. The lowest BCUT2D eigenvalue weighted by atomic mass is 9.96. The molecule has 3 aromatic heterocycles. The Kier molecular flexibility index (Phi) is 7.24. The normalized spacial score (nSPS) is 16.9. The third-order valence-electron chi connectivity index (χ3n) is 6.99. The zero-order valence-electron chi connectivity index (χ0n) is 22.1. The van der Waals surface area contributed by atoms with Gasteiger partial charge in [-0.05, 0) is 93.0 Å². The van der Waals surface area contributed by atoms with E-state index in [-0.39, 0.29) is 18.0 Å². The van der Waals surface area contributed by atoms with Crippen LogP contribution in [0, 0.1) is 27.7 Å². The van der Waals surface area contributed by atoms with Crippen LogP contribution >= 0.6 is 12.2 Å². The highest BCUT2D eigenvalue weighted by Gasteiger charge is 2.41. The third-order valence-corrected chi connectivity index (χ3v) is 7.35. The molecule has 0 radical (unpaired) electrons. The van der Waals surface area contributed by atoms with Gasteiger partial charge in [0.25, 0.3) is 0 Å². The summed E-state index contributed by atoms with van der Waals surface area (Å²) < 4.78 is 2.17. The molecular weight excluding hydrogens is 492 g/mol. The van der Waals surface area contributed by atoms with Gasteiger partial charge in [0.2, 0.25) is 5.91 Å². The Hall–Kier alpha value is -4.04. The fourth-order valence-corrected chi connectivity index (χ4v) is 5.52. The number of pyridine rings is 2. The molecular formula is C30H32N6OS. The van der Waals surface area contributed by atoms with E-state index in [1.165, 1.54) is 0 Å². The van der Waals surface area contributed by atoms with Gasteiger partial charge in [-0.25, -0.2) is 4.98 Å². The molecule has 38 heavy (non-hydrogen) atoms. The lowest BCUT2D eigenvalue weighted by molar-refractivity contribution is -0.116. The van der Waals surface area contributed by atoms with Gasteiger partial charge in [-0.3, -0.25) is 9.78 Å². The maximum absolute atomic E-state index is 12.9. The predicted molar refractivity (Wildman–Crippen MR) is 154 cm³/mol. The van der Waals surface area contributed by atoms with Gasteiger partial charge in [0.1, 0.15) is 5.82 Å². The molecule has 1 aliphatic heterocycles. The fourth-order valence-electron chi connectivity index (χ4n) is 5.18. The summed E-state index contributed by atoms with van der Waals surface area (Å²) in [7, 11) is 0. The second-order valence-electron chi connectivity index (χ2n) is 9.84. The lowest BCUT2D eigenvalue weighted by Gasteiger charge is -2.28. The van der Waals surface area contributed by atoms with E-state index in [9.17, 15) is 4.79 Å². The second-order valence-corrected chi connectivity index (χ2v) is 10.2. The molecule has 2 atom stereocenters. The summed E-state index contributed by atoms with van der Waals surface area (Å²) in [5.41, 5.74) is 7.23. The van der Waals surface area contributed by atoms with Crippen molar-refractivity contribution >= 4 is 28.9 Å². The first kappa shape index (κ1) is 25.6. The van der Waals surface area contributed by atoms with Crippen molar-refractivity contribution < 1.29 is 4.79 Å². The summed E-state index contributed by atoms with van der Waals surface area (Å²) in [4.78, 5) is 24.3. The van der Waals surface area contributed by atoms with Crippen molar-refractivity contribution in [3.05, 3.63) is 107 Å². The number of nitrogens with zero attached hydrogens (tertiary/aromatic N) is 4. The summed E-state index contributed by atoms with van der Waals surface area (Å²) in [6.07, 6.45) is 3.99. The summed E-state index contributed by atoms with van der Waals surface area (Å²) >= 11 is 5.82. The second kappa shape index (κ2) is 10.8. The van der Waals surface area contributed by atoms with Gasteiger partial charge in [0, 0.05) is 42.4 Å². The molecule has 1 fully saturated rings. The van der Waals surface area contributed by atoms with E-state index in [1.807, 2.05) is 68.6 Å². The van der Waals surface area contributed by atoms with E-state index >= 15 is 0 Å². The minimum absolute atomic E-state index is 0.0484. The molecule has 5 rings (SSSR count). The number of rotatable bonds is 7. The van der Waals surface area contributed by atoms with Crippen LogP contribution in [0.2, 0.25) is 0 Å². The molecule has 0 bridgehead atoms. The van der Waals surface area contributed by atoms with Gasteiger partial charge in [0.15, 0.2) is 5.11 Å². The molecule has 4 heterocycles. The molecule has 194 valence electrons. The predicted octanol–water partition coefficient (Wildman–Crippen LogP) is 5.50. The van der Waals surface area contributed by atoms with Crippen molar-refractivity contribution in [3.63, 3.8) is 0 Å². The standard InChI is InChI=1S/C30H32N6OS/c1-19-8-7-9-23(16-19)33-27(37)13-15-35-29(28(34-30(35)38)25-10-5-6-14-31-25)24-17-21(3)36(22(24)4)26-12-11-20(2)18-32-26/h5-12,14,16-18,28-29H,13,15H2,1-4H3,(H,33,37)(H,34,38)/t28-,29-/m0/s1. The maximum atomic E-state index is 12.9. The van der Waals surface area contributed by atoms with Crippen LogP contribution in [-0.4, -0.2) is 37.0 Å².